The van der Waals surface area contributed by atoms with Crippen LogP contribution < -0.4 is 0 Å². The van der Waals surface area contributed by atoms with E-state index in [0.29, 0.717) is 17.3 Å². The van der Waals surface area contributed by atoms with Crippen molar-refractivity contribution in [2.75, 3.05) is 7.05 Å². The van der Waals surface area contributed by atoms with Crippen LogP contribution in [-0.2, 0) is 6.54 Å². The van der Waals surface area contributed by atoms with Gasteiger partial charge in [-0.1, -0.05) is 11.6 Å². The molecule has 0 aliphatic heterocycles. The fourth-order valence-corrected chi connectivity index (χ4v) is 1.83. The van der Waals surface area contributed by atoms with E-state index >= 15 is 0 Å². The average molecular weight is 265 g/mol. The van der Waals surface area contributed by atoms with E-state index < -0.39 is 0 Å². The lowest BCUT2D eigenvalue weighted by Gasteiger charge is -2.16. The molecule has 0 bridgehead atoms. The lowest BCUT2D eigenvalue weighted by Crippen LogP contribution is -2.26. The number of carbonyl (C=O) groups is 1. The number of hydrogen-bond donors (Lipinski definition) is 0. The summed E-state index contributed by atoms with van der Waals surface area (Å²) >= 11 is 5.76. The van der Waals surface area contributed by atoms with E-state index in [1.165, 1.54) is 6.20 Å². The second-order valence-electron chi connectivity index (χ2n) is 4.03. The molecule has 5 heteroatoms. The van der Waals surface area contributed by atoms with Gasteiger partial charge in [0.15, 0.2) is 0 Å². The standard InChI is InChI=1S/C13H13ClN2O2/c1-9-11(4-6-18-9)8-16(2)13(17)10-3-5-15-12(14)7-10/h3-7H,8H2,1-2H3. The molecular formula is C13H13ClN2O2. The summed E-state index contributed by atoms with van der Waals surface area (Å²) in [5.74, 6) is 0.724. The first-order chi connectivity index (χ1) is 8.58. The summed E-state index contributed by atoms with van der Waals surface area (Å²) in [5, 5.41) is 0.314. The number of aryl methyl sites for hydroxylation is 1. The normalized spacial score (nSPS) is 10.4. The van der Waals surface area contributed by atoms with Crippen LogP contribution in [0.2, 0.25) is 5.15 Å². The number of pyridine rings is 1. The monoisotopic (exact) mass is 264 g/mol. The minimum absolute atomic E-state index is 0.0973. The highest BCUT2D eigenvalue weighted by molar-refractivity contribution is 6.29. The van der Waals surface area contributed by atoms with Crippen LogP contribution in [0.4, 0.5) is 0 Å². The van der Waals surface area contributed by atoms with Gasteiger partial charge in [0.1, 0.15) is 10.9 Å². The summed E-state index contributed by atoms with van der Waals surface area (Å²) in [6.07, 6.45) is 3.14. The molecule has 2 aromatic heterocycles. The van der Waals surface area contributed by atoms with Crippen molar-refractivity contribution < 1.29 is 9.21 Å². The third-order valence-electron chi connectivity index (χ3n) is 2.69. The molecule has 2 aromatic rings. The SMILES string of the molecule is Cc1occc1CN(C)C(=O)c1ccnc(Cl)c1. The maximum Gasteiger partial charge on any atom is 0.254 e. The number of nitrogens with zero attached hydrogens (tertiary/aromatic N) is 2. The molecule has 0 saturated carbocycles. The summed E-state index contributed by atoms with van der Waals surface area (Å²) in [4.78, 5) is 17.6. The van der Waals surface area contributed by atoms with Crippen molar-refractivity contribution in [1.82, 2.24) is 9.88 Å². The van der Waals surface area contributed by atoms with Crippen LogP contribution in [0.1, 0.15) is 21.7 Å². The first-order valence-electron chi connectivity index (χ1n) is 5.48. The van der Waals surface area contributed by atoms with E-state index in [1.54, 1.807) is 30.3 Å². The molecule has 0 spiro atoms. The van der Waals surface area contributed by atoms with Gasteiger partial charge in [0.05, 0.1) is 6.26 Å². The summed E-state index contributed by atoms with van der Waals surface area (Å²) in [6, 6.07) is 5.06. The van der Waals surface area contributed by atoms with E-state index in [4.69, 9.17) is 16.0 Å². The molecule has 4 nitrogen and oxygen atoms in total. The predicted molar refractivity (Wildman–Crippen MR) is 68.5 cm³/mol. The third kappa shape index (κ3) is 2.71. The van der Waals surface area contributed by atoms with E-state index in [9.17, 15) is 4.79 Å². The maximum absolute atomic E-state index is 12.1. The summed E-state index contributed by atoms with van der Waals surface area (Å²) < 4.78 is 5.20. The molecule has 1 amide bonds. The smallest absolute Gasteiger partial charge is 0.254 e. The van der Waals surface area contributed by atoms with Gasteiger partial charge in [-0.25, -0.2) is 4.98 Å². The molecule has 2 heterocycles. The first kappa shape index (κ1) is 12.6. The molecule has 94 valence electrons. The number of carbonyl (C=O) groups excluding carboxylic acids is 1. The largest absolute Gasteiger partial charge is 0.469 e. The lowest BCUT2D eigenvalue weighted by molar-refractivity contribution is 0.0784. The van der Waals surface area contributed by atoms with Crippen molar-refractivity contribution in [3.05, 3.63) is 52.7 Å². The average Bonchev–Trinajstić information content (AvgIpc) is 2.74. The molecular weight excluding hydrogens is 252 g/mol. The Morgan fingerprint density at radius 1 is 1.50 bits per heavy atom. The van der Waals surface area contributed by atoms with Crippen LogP contribution >= 0.6 is 11.6 Å². The van der Waals surface area contributed by atoms with Gasteiger partial charge < -0.3 is 9.32 Å². The highest BCUT2D eigenvalue weighted by atomic mass is 35.5. The molecule has 0 aliphatic carbocycles. The Labute approximate surface area is 110 Å². The molecule has 0 fully saturated rings. The Hall–Kier alpha value is -1.81. The second kappa shape index (κ2) is 5.23. The van der Waals surface area contributed by atoms with Gasteiger partial charge >= 0.3 is 0 Å². The Bertz CT molecular complexity index is 566. The third-order valence-corrected chi connectivity index (χ3v) is 2.90. The van der Waals surface area contributed by atoms with Gasteiger partial charge in [0.25, 0.3) is 5.91 Å². The van der Waals surface area contributed by atoms with Gasteiger partial charge in [-0.2, -0.15) is 0 Å². The van der Waals surface area contributed by atoms with Crippen molar-refractivity contribution >= 4 is 17.5 Å². The molecule has 2 rings (SSSR count). The Morgan fingerprint density at radius 2 is 2.28 bits per heavy atom. The van der Waals surface area contributed by atoms with Crippen LogP contribution in [0.3, 0.4) is 0 Å². The number of hydrogen-bond acceptors (Lipinski definition) is 3. The van der Waals surface area contributed by atoms with Crippen LogP contribution in [0.25, 0.3) is 0 Å². The summed E-state index contributed by atoms with van der Waals surface area (Å²) in [7, 11) is 1.74. The molecule has 0 saturated heterocycles. The number of halogens is 1. The van der Waals surface area contributed by atoms with Crippen molar-refractivity contribution in [3.8, 4) is 0 Å². The van der Waals surface area contributed by atoms with Gasteiger partial charge in [0.2, 0.25) is 0 Å². The predicted octanol–water partition coefficient (Wildman–Crippen LogP) is 2.91. The summed E-state index contributed by atoms with van der Waals surface area (Å²) in [6.45, 7) is 2.37. The van der Waals surface area contributed by atoms with Gasteiger partial charge in [-0.3, -0.25) is 4.79 Å². The minimum atomic E-state index is -0.0973. The van der Waals surface area contributed by atoms with Gasteiger partial charge in [-0.05, 0) is 25.1 Å². The quantitative estimate of drug-likeness (QED) is 0.801. The summed E-state index contributed by atoms with van der Waals surface area (Å²) in [5.41, 5.74) is 1.52. The Kier molecular flexibility index (Phi) is 3.67. The highest BCUT2D eigenvalue weighted by Crippen LogP contribution is 2.14. The van der Waals surface area contributed by atoms with E-state index in [2.05, 4.69) is 4.98 Å². The number of rotatable bonds is 3. The minimum Gasteiger partial charge on any atom is -0.469 e. The molecule has 0 unspecified atom stereocenters. The van der Waals surface area contributed by atoms with E-state index in [-0.39, 0.29) is 5.91 Å². The second-order valence-corrected chi connectivity index (χ2v) is 4.42. The van der Waals surface area contributed by atoms with E-state index in [0.717, 1.165) is 11.3 Å². The zero-order valence-electron chi connectivity index (χ0n) is 10.2. The number of aromatic nitrogens is 1. The molecule has 0 N–H and O–H groups in total. The van der Waals surface area contributed by atoms with Crippen molar-refractivity contribution in [2.24, 2.45) is 0 Å². The zero-order chi connectivity index (χ0) is 13.1. The molecule has 0 radical (unpaired) electrons. The Morgan fingerprint density at radius 3 is 2.89 bits per heavy atom. The topological polar surface area (TPSA) is 46.3 Å². The van der Waals surface area contributed by atoms with Gasteiger partial charge in [-0.15, -0.1) is 0 Å². The number of furan rings is 1. The fraction of sp³-hybridized carbons (Fsp3) is 0.231. The fourth-order valence-electron chi connectivity index (χ4n) is 1.66. The van der Waals surface area contributed by atoms with Crippen LogP contribution in [-0.4, -0.2) is 22.8 Å². The molecule has 18 heavy (non-hydrogen) atoms. The van der Waals surface area contributed by atoms with Gasteiger partial charge in [0, 0.05) is 30.9 Å². The van der Waals surface area contributed by atoms with Crippen LogP contribution in [0, 0.1) is 6.92 Å². The Balaban J connectivity index is 2.12. The lowest BCUT2D eigenvalue weighted by atomic mass is 10.2. The maximum atomic E-state index is 12.1. The van der Waals surface area contributed by atoms with Crippen LogP contribution in [0.5, 0.6) is 0 Å². The first-order valence-corrected chi connectivity index (χ1v) is 5.85. The molecule has 0 aliphatic rings. The van der Waals surface area contributed by atoms with Crippen molar-refractivity contribution in [2.45, 2.75) is 13.5 Å². The number of amides is 1. The molecule has 0 aromatic carbocycles. The van der Waals surface area contributed by atoms with E-state index in [1.807, 2.05) is 13.0 Å². The van der Waals surface area contributed by atoms with Crippen LogP contribution in [0.15, 0.2) is 35.1 Å². The highest BCUT2D eigenvalue weighted by Gasteiger charge is 2.14. The van der Waals surface area contributed by atoms with Crippen molar-refractivity contribution in [1.29, 1.82) is 0 Å². The molecule has 0 atom stereocenters. The van der Waals surface area contributed by atoms with Crippen molar-refractivity contribution in [3.63, 3.8) is 0 Å². The zero-order valence-corrected chi connectivity index (χ0v) is 10.9.